The van der Waals surface area contributed by atoms with Crippen molar-refractivity contribution in [3.8, 4) is 5.75 Å². The molecule has 1 heterocycles. The van der Waals surface area contributed by atoms with Crippen LogP contribution in [0.25, 0.3) is 0 Å². The van der Waals surface area contributed by atoms with Crippen LogP contribution in [-0.2, 0) is 16.1 Å². The second-order valence-corrected chi connectivity index (χ2v) is 2.23. The Labute approximate surface area is 78.5 Å². The van der Waals surface area contributed by atoms with E-state index in [9.17, 15) is 13.6 Å². The molecule has 14 heavy (non-hydrogen) atoms. The first-order valence-electron chi connectivity index (χ1n) is 3.68. The summed E-state index contributed by atoms with van der Waals surface area (Å²) in [5, 5.41) is 0. The summed E-state index contributed by atoms with van der Waals surface area (Å²) in [6, 6.07) is 2.77. The van der Waals surface area contributed by atoms with Crippen LogP contribution in [0.2, 0.25) is 0 Å². The number of carbonyl (C=O) groups is 1. The number of alkyl halides is 2. The molecule has 0 aromatic carbocycles. The van der Waals surface area contributed by atoms with E-state index in [4.69, 9.17) is 0 Å². The number of nitrogens with zero attached hydrogens (tertiary/aromatic N) is 1. The van der Waals surface area contributed by atoms with Crippen molar-refractivity contribution in [1.82, 2.24) is 4.98 Å². The molecule has 0 N–H and O–H groups in total. The van der Waals surface area contributed by atoms with Crippen LogP contribution in [0.1, 0.15) is 5.69 Å². The van der Waals surface area contributed by atoms with Gasteiger partial charge in [-0.2, -0.15) is 8.78 Å². The Kier molecular flexibility index (Phi) is 3.78. The van der Waals surface area contributed by atoms with E-state index in [-0.39, 0.29) is 24.5 Å². The monoisotopic (exact) mass is 203 g/mol. The molecule has 0 bridgehead atoms. The molecule has 76 valence electrons. The lowest BCUT2D eigenvalue weighted by Crippen LogP contribution is -2.06. The van der Waals surface area contributed by atoms with Gasteiger partial charge in [0.1, 0.15) is 12.3 Å². The summed E-state index contributed by atoms with van der Waals surface area (Å²) in [4.78, 5) is 13.6. The highest BCUT2D eigenvalue weighted by molar-refractivity contribution is 5.38. The van der Waals surface area contributed by atoms with Gasteiger partial charge in [0.15, 0.2) is 5.75 Å². The van der Waals surface area contributed by atoms with E-state index in [0.717, 1.165) is 0 Å². The lowest BCUT2D eigenvalue weighted by atomic mass is 10.3. The minimum Gasteiger partial charge on any atom is -0.461 e. The highest BCUT2D eigenvalue weighted by atomic mass is 19.3. The molecular weight excluding hydrogens is 196 g/mol. The Hall–Kier alpha value is -1.72. The molecule has 6 heteroatoms. The first-order chi connectivity index (χ1) is 6.74. The van der Waals surface area contributed by atoms with Crippen LogP contribution < -0.4 is 4.74 Å². The number of rotatable bonds is 5. The second kappa shape index (κ2) is 5.11. The van der Waals surface area contributed by atoms with Crippen molar-refractivity contribution in [1.29, 1.82) is 0 Å². The topological polar surface area (TPSA) is 48.4 Å². The maximum Gasteiger partial charge on any atom is 0.387 e. The highest BCUT2D eigenvalue weighted by Crippen LogP contribution is 2.18. The van der Waals surface area contributed by atoms with Gasteiger partial charge in [-0.3, -0.25) is 9.78 Å². The number of halogens is 2. The Bertz CT molecular complexity index is 306. The SMILES string of the molecule is O=COCc1ncccc1OC(F)F. The van der Waals surface area contributed by atoms with Crippen molar-refractivity contribution >= 4 is 6.47 Å². The van der Waals surface area contributed by atoms with Gasteiger partial charge in [-0.15, -0.1) is 0 Å². The van der Waals surface area contributed by atoms with E-state index >= 15 is 0 Å². The number of hydrogen-bond acceptors (Lipinski definition) is 4. The lowest BCUT2D eigenvalue weighted by molar-refractivity contribution is -0.130. The van der Waals surface area contributed by atoms with E-state index in [1.165, 1.54) is 18.3 Å². The predicted molar refractivity (Wildman–Crippen MR) is 41.7 cm³/mol. The molecule has 0 radical (unpaired) electrons. The molecule has 1 aromatic heterocycles. The fourth-order valence-electron chi connectivity index (χ4n) is 0.848. The molecule has 0 amide bonds. The second-order valence-electron chi connectivity index (χ2n) is 2.23. The average molecular weight is 203 g/mol. The molecule has 0 unspecified atom stereocenters. The van der Waals surface area contributed by atoms with Crippen molar-refractivity contribution in [2.24, 2.45) is 0 Å². The van der Waals surface area contributed by atoms with Crippen LogP contribution in [0.5, 0.6) is 5.75 Å². The van der Waals surface area contributed by atoms with Crippen molar-refractivity contribution in [3.63, 3.8) is 0 Å². The Morgan fingerprint density at radius 1 is 1.57 bits per heavy atom. The molecule has 1 aromatic rings. The third-order valence-electron chi connectivity index (χ3n) is 1.35. The molecule has 0 aliphatic carbocycles. The van der Waals surface area contributed by atoms with Gasteiger partial charge in [0.2, 0.25) is 0 Å². The number of ether oxygens (including phenoxy) is 2. The molecule has 0 spiro atoms. The largest absolute Gasteiger partial charge is 0.461 e. The third kappa shape index (κ3) is 2.96. The smallest absolute Gasteiger partial charge is 0.387 e. The van der Waals surface area contributed by atoms with Gasteiger partial charge in [-0.05, 0) is 12.1 Å². The summed E-state index contributed by atoms with van der Waals surface area (Å²) in [6.45, 7) is -2.90. The maximum absolute atomic E-state index is 11.9. The third-order valence-corrected chi connectivity index (χ3v) is 1.35. The molecule has 0 atom stereocenters. The Morgan fingerprint density at radius 2 is 2.36 bits per heavy atom. The average Bonchev–Trinajstić information content (AvgIpc) is 2.16. The van der Waals surface area contributed by atoms with Crippen LogP contribution in [0.3, 0.4) is 0 Å². The van der Waals surface area contributed by atoms with Crippen LogP contribution in [0.4, 0.5) is 8.78 Å². The minimum absolute atomic E-state index is 0.0932. The molecule has 0 aliphatic heterocycles. The van der Waals surface area contributed by atoms with Crippen LogP contribution in [0, 0.1) is 0 Å². The van der Waals surface area contributed by atoms with Gasteiger partial charge in [0.05, 0.1) is 0 Å². The molecule has 0 saturated carbocycles. The number of carbonyl (C=O) groups excluding carboxylic acids is 1. The zero-order chi connectivity index (χ0) is 10.4. The molecular formula is C8H7F2NO3. The van der Waals surface area contributed by atoms with Gasteiger partial charge < -0.3 is 9.47 Å². The Morgan fingerprint density at radius 3 is 3.00 bits per heavy atom. The summed E-state index contributed by atoms with van der Waals surface area (Å²) in [7, 11) is 0. The number of hydrogen-bond donors (Lipinski definition) is 0. The van der Waals surface area contributed by atoms with E-state index in [0.29, 0.717) is 0 Å². The normalized spacial score (nSPS) is 9.93. The van der Waals surface area contributed by atoms with Gasteiger partial charge in [0.25, 0.3) is 6.47 Å². The molecule has 0 saturated heterocycles. The maximum atomic E-state index is 11.9. The van der Waals surface area contributed by atoms with Crippen LogP contribution >= 0.6 is 0 Å². The fourth-order valence-corrected chi connectivity index (χ4v) is 0.848. The fraction of sp³-hybridized carbons (Fsp3) is 0.250. The molecule has 1 rings (SSSR count). The summed E-state index contributed by atoms with van der Waals surface area (Å²) in [5.41, 5.74) is 0.153. The van der Waals surface area contributed by atoms with Crippen molar-refractivity contribution in [2.75, 3.05) is 0 Å². The van der Waals surface area contributed by atoms with Crippen LogP contribution in [-0.4, -0.2) is 18.1 Å². The van der Waals surface area contributed by atoms with E-state index < -0.39 is 6.61 Å². The van der Waals surface area contributed by atoms with Crippen molar-refractivity contribution < 1.29 is 23.0 Å². The van der Waals surface area contributed by atoms with Gasteiger partial charge in [0, 0.05) is 6.20 Å². The van der Waals surface area contributed by atoms with E-state index in [1.54, 1.807) is 0 Å². The first kappa shape index (κ1) is 10.4. The van der Waals surface area contributed by atoms with E-state index in [1.807, 2.05) is 0 Å². The summed E-state index contributed by atoms with van der Waals surface area (Å²) < 4.78 is 32.2. The zero-order valence-corrected chi connectivity index (χ0v) is 7.02. The first-order valence-corrected chi connectivity index (χ1v) is 3.68. The summed E-state index contributed by atoms with van der Waals surface area (Å²) >= 11 is 0. The van der Waals surface area contributed by atoms with Crippen LogP contribution in [0.15, 0.2) is 18.3 Å². The van der Waals surface area contributed by atoms with Gasteiger partial charge in [-0.25, -0.2) is 0 Å². The van der Waals surface area contributed by atoms with Gasteiger partial charge >= 0.3 is 6.61 Å². The summed E-state index contributed by atoms with van der Waals surface area (Å²) in [6.07, 6.45) is 1.39. The standard InChI is InChI=1S/C8H7F2NO3/c9-8(10)14-7-2-1-3-11-6(7)4-13-5-12/h1-3,5,8H,4H2. The highest BCUT2D eigenvalue weighted by Gasteiger charge is 2.09. The predicted octanol–water partition coefficient (Wildman–Crippen LogP) is 1.36. The van der Waals surface area contributed by atoms with Gasteiger partial charge in [-0.1, -0.05) is 0 Å². The molecule has 0 aliphatic rings. The summed E-state index contributed by atoms with van der Waals surface area (Å²) in [5.74, 6) is -0.0932. The number of pyridine rings is 1. The van der Waals surface area contributed by atoms with E-state index in [2.05, 4.69) is 14.5 Å². The molecule has 4 nitrogen and oxygen atoms in total. The van der Waals surface area contributed by atoms with Crippen molar-refractivity contribution in [3.05, 3.63) is 24.0 Å². The minimum atomic E-state index is -2.92. The number of aromatic nitrogens is 1. The quantitative estimate of drug-likeness (QED) is 0.678. The molecule has 0 fully saturated rings. The lowest BCUT2D eigenvalue weighted by Gasteiger charge is -2.07. The zero-order valence-electron chi connectivity index (χ0n) is 7.02. The Balaban J connectivity index is 2.74. The van der Waals surface area contributed by atoms with Crippen molar-refractivity contribution in [2.45, 2.75) is 13.2 Å².